The highest BCUT2D eigenvalue weighted by Crippen LogP contribution is 2.17. The SMILES string of the molecule is COCCN1CCN(c2cc(C(=O)OC)nc(Cl)n2)CC1. The van der Waals surface area contributed by atoms with Crippen molar-refractivity contribution in [2.75, 3.05) is 58.5 Å². The number of anilines is 1. The molecule has 8 heteroatoms. The number of methoxy groups -OCH3 is 2. The van der Waals surface area contributed by atoms with Gasteiger partial charge in [0.05, 0.1) is 13.7 Å². The predicted molar refractivity (Wildman–Crippen MR) is 78.9 cm³/mol. The van der Waals surface area contributed by atoms with Crippen LogP contribution in [0.4, 0.5) is 5.82 Å². The minimum atomic E-state index is -0.515. The number of piperazine rings is 1. The smallest absolute Gasteiger partial charge is 0.356 e. The van der Waals surface area contributed by atoms with Crippen LogP contribution >= 0.6 is 11.6 Å². The Hall–Kier alpha value is -1.44. The summed E-state index contributed by atoms with van der Waals surface area (Å²) >= 11 is 5.88. The van der Waals surface area contributed by atoms with Crippen LogP contribution in [0.2, 0.25) is 5.28 Å². The van der Waals surface area contributed by atoms with Gasteiger partial charge >= 0.3 is 5.97 Å². The molecule has 0 amide bonds. The second-order valence-electron chi connectivity index (χ2n) is 4.69. The van der Waals surface area contributed by atoms with E-state index in [1.807, 2.05) is 0 Å². The minimum absolute atomic E-state index is 0.0507. The highest BCUT2D eigenvalue weighted by atomic mass is 35.5. The van der Waals surface area contributed by atoms with Crippen LogP contribution in [0.3, 0.4) is 0 Å². The Morgan fingerprint density at radius 3 is 2.62 bits per heavy atom. The molecule has 1 saturated heterocycles. The van der Waals surface area contributed by atoms with E-state index in [0.29, 0.717) is 5.82 Å². The summed E-state index contributed by atoms with van der Waals surface area (Å²) in [4.78, 5) is 24.0. The third-order valence-corrected chi connectivity index (χ3v) is 3.56. The molecule has 116 valence electrons. The molecular formula is C13H19ClN4O3. The highest BCUT2D eigenvalue weighted by molar-refractivity contribution is 6.28. The van der Waals surface area contributed by atoms with Gasteiger partial charge in [-0.05, 0) is 11.6 Å². The molecule has 0 spiro atoms. The third kappa shape index (κ3) is 4.26. The van der Waals surface area contributed by atoms with Gasteiger partial charge in [-0.2, -0.15) is 0 Å². The molecule has 0 aromatic carbocycles. The molecule has 2 rings (SSSR count). The Morgan fingerprint density at radius 1 is 1.29 bits per heavy atom. The second kappa shape index (κ2) is 7.53. The zero-order valence-corrected chi connectivity index (χ0v) is 13.0. The summed E-state index contributed by atoms with van der Waals surface area (Å²) in [7, 11) is 3.01. The van der Waals surface area contributed by atoms with Crippen molar-refractivity contribution in [2.24, 2.45) is 0 Å². The van der Waals surface area contributed by atoms with Crippen molar-refractivity contribution in [2.45, 2.75) is 0 Å². The summed E-state index contributed by atoms with van der Waals surface area (Å²) in [5.74, 6) is 0.140. The number of ether oxygens (including phenoxy) is 2. The van der Waals surface area contributed by atoms with Crippen molar-refractivity contribution in [3.63, 3.8) is 0 Å². The van der Waals surface area contributed by atoms with E-state index in [1.54, 1.807) is 13.2 Å². The lowest BCUT2D eigenvalue weighted by Crippen LogP contribution is -2.47. The fraction of sp³-hybridized carbons (Fsp3) is 0.615. The van der Waals surface area contributed by atoms with Gasteiger partial charge < -0.3 is 14.4 Å². The molecule has 2 heterocycles. The summed E-state index contributed by atoms with van der Waals surface area (Å²) in [5, 5.41) is 0.0507. The maximum absolute atomic E-state index is 11.6. The van der Waals surface area contributed by atoms with Crippen molar-refractivity contribution >= 4 is 23.4 Å². The van der Waals surface area contributed by atoms with Crippen molar-refractivity contribution in [3.05, 3.63) is 17.0 Å². The lowest BCUT2D eigenvalue weighted by atomic mass is 10.3. The number of aromatic nitrogens is 2. The van der Waals surface area contributed by atoms with Gasteiger partial charge in [-0.15, -0.1) is 0 Å². The molecule has 1 aliphatic heterocycles. The molecule has 0 N–H and O–H groups in total. The van der Waals surface area contributed by atoms with E-state index < -0.39 is 5.97 Å². The van der Waals surface area contributed by atoms with Crippen molar-refractivity contribution in [1.29, 1.82) is 0 Å². The van der Waals surface area contributed by atoms with Crippen LogP contribution in [-0.4, -0.2) is 74.4 Å². The van der Waals surface area contributed by atoms with Crippen LogP contribution in [0.5, 0.6) is 0 Å². The normalized spacial score (nSPS) is 16.0. The zero-order chi connectivity index (χ0) is 15.2. The van der Waals surface area contributed by atoms with Gasteiger partial charge in [0.25, 0.3) is 0 Å². The van der Waals surface area contributed by atoms with E-state index in [1.165, 1.54) is 7.11 Å². The van der Waals surface area contributed by atoms with Crippen LogP contribution in [0.25, 0.3) is 0 Å². The number of carbonyl (C=O) groups is 1. The fourth-order valence-electron chi connectivity index (χ4n) is 2.20. The maximum Gasteiger partial charge on any atom is 0.356 e. The summed E-state index contributed by atoms with van der Waals surface area (Å²) in [5.41, 5.74) is 0.175. The monoisotopic (exact) mass is 314 g/mol. The Balaban J connectivity index is 2.03. The van der Waals surface area contributed by atoms with E-state index >= 15 is 0 Å². The number of hydrogen-bond acceptors (Lipinski definition) is 7. The predicted octanol–water partition coefficient (Wildman–Crippen LogP) is 0.685. The average molecular weight is 315 g/mol. The van der Waals surface area contributed by atoms with Gasteiger partial charge in [-0.25, -0.2) is 14.8 Å². The fourth-order valence-corrected chi connectivity index (χ4v) is 2.38. The van der Waals surface area contributed by atoms with E-state index in [-0.39, 0.29) is 11.0 Å². The molecule has 0 bridgehead atoms. The van der Waals surface area contributed by atoms with Gasteiger partial charge in [-0.1, -0.05) is 0 Å². The van der Waals surface area contributed by atoms with Crippen LogP contribution in [0, 0.1) is 0 Å². The summed E-state index contributed by atoms with van der Waals surface area (Å²) in [6.07, 6.45) is 0. The first-order valence-corrected chi connectivity index (χ1v) is 7.11. The van der Waals surface area contributed by atoms with Crippen molar-refractivity contribution in [3.8, 4) is 0 Å². The van der Waals surface area contributed by atoms with Gasteiger partial charge in [0.1, 0.15) is 5.82 Å². The second-order valence-corrected chi connectivity index (χ2v) is 5.03. The number of hydrogen-bond donors (Lipinski definition) is 0. The molecule has 0 radical (unpaired) electrons. The third-order valence-electron chi connectivity index (χ3n) is 3.39. The molecule has 7 nitrogen and oxygen atoms in total. The van der Waals surface area contributed by atoms with Crippen molar-refractivity contribution < 1.29 is 14.3 Å². The van der Waals surface area contributed by atoms with E-state index in [9.17, 15) is 4.79 Å². The number of carbonyl (C=O) groups excluding carboxylic acids is 1. The van der Waals surface area contributed by atoms with Gasteiger partial charge in [0.15, 0.2) is 5.69 Å². The van der Waals surface area contributed by atoms with Crippen LogP contribution < -0.4 is 4.90 Å². The number of halogens is 1. The quantitative estimate of drug-likeness (QED) is 0.585. The van der Waals surface area contributed by atoms with E-state index in [4.69, 9.17) is 16.3 Å². The number of nitrogens with zero attached hydrogens (tertiary/aromatic N) is 4. The Morgan fingerprint density at radius 2 is 2.00 bits per heavy atom. The first-order valence-electron chi connectivity index (χ1n) is 6.73. The molecule has 0 saturated carbocycles. The molecule has 1 aliphatic rings. The highest BCUT2D eigenvalue weighted by Gasteiger charge is 2.20. The first kappa shape index (κ1) is 15.9. The van der Waals surface area contributed by atoms with Gasteiger partial charge in [0, 0.05) is 45.9 Å². The topological polar surface area (TPSA) is 67.8 Å². The van der Waals surface area contributed by atoms with E-state index in [0.717, 1.165) is 39.3 Å². The van der Waals surface area contributed by atoms with Crippen molar-refractivity contribution in [1.82, 2.24) is 14.9 Å². The van der Waals surface area contributed by atoms with Crippen LogP contribution in [0.1, 0.15) is 10.5 Å². The molecule has 1 aromatic rings. The number of rotatable bonds is 5. The lowest BCUT2D eigenvalue weighted by Gasteiger charge is -2.35. The Kier molecular flexibility index (Phi) is 5.72. The van der Waals surface area contributed by atoms with Crippen LogP contribution in [-0.2, 0) is 9.47 Å². The standard InChI is InChI=1S/C13H19ClN4O3/c1-20-8-7-17-3-5-18(6-4-17)11-9-10(12(19)21-2)15-13(14)16-11/h9H,3-8H2,1-2H3. The summed E-state index contributed by atoms with van der Waals surface area (Å²) < 4.78 is 9.75. The largest absolute Gasteiger partial charge is 0.464 e. The molecule has 1 aromatic heterocycles. The first-order chi connectivity index (χ1) is 10.1. The average Bonchev–Trinajstić information content (AvgIpc) is 2.52. The maximum atomic E-state index is 11.6. The van der Waals surface area contributed by atoms with Gasteiger partial charge in [-0.3, -0.25) is 4.90 Å². The van der Waals surface area contributed by atoms with E-state index in [2.05, 4.69) is 24.5 Å². The Labute approximate surface area is 128 Å². The molecule has 0 aliphatic carbocycles. The minimum Gasteiger partial charge on any atom is -0.464 e. The zero-order valence-electron chi connectivity index (χ0n) is 12.2. The summed E-state index contributed by atoms with van der Waals surface area (Å²) in [6, 6.07) is 1.61. The summed E-state index contributed by atoms with van der Waals surface area (Å²) in [6.45, 7) is 5.11. The molecule has 1 fully saturated rings. The number of esters is 1. The molecule has 0 atom stereocenters. The molecule has 0 unspecified atom stereocenters. The van der Waals surface area contributed by atoms with Crippen LogP contribution in [0.15, 0.2) is 6.07 Å². The Bertz CT molecular complexity index is 492. The molecule has 21 heavy (non-hydrogen) atoms. The van der Waals surface area contributed by atoms with Gasteiger partial charge in [0.2, 0.25) is 5.28 Å². The lowest BCUT2D eigenvalue weighted by molar-refractivity contribution is 0.0594. The molecular weight excluding hydrogens is 296 g/mol.